The summed E-state index contributed by atoms with van der Waals surface area (Å²) in [6.07, 6.45) is 2.63. The molecule has 164 valence electrons. The Morgan fingerprint density at radius 3 is 2.40 bits per heavy atom. The summed E-state index contributed by atoms with van der Waals surface area (Å²) in [6.45, 7) is 2.97. The molecule has 0 atom stereocenters. The zero-order valence-corrected chi connectivity index (χ0v) is 19.4. The van der Waals surface area contributed by atoms with E-state index in [4.69, 9.17) is 27.9 Å². The van der Waals surface area contributed by atoms with Crippen LogP contribution in [-0.2, 0) is 21.2 Å². The second-order valence-electron chi connectivity index (χ2n) is 6.73. The topological polar surface area (TPSA) is 75.7 Å². The molecule has 2 rings (SSSR count). The lowest BCUT2D eigenvalue weighted by Crippen LogP contribution is -2.32. The molecule has 0 spiro atoms. The number of nitrogens with one attached hydrogen (secondary N) is 1. The molecule has 0 radical (unpaired) electrons. The Kier molecular flexibility index (Phi) is 9.27. The van der Waals surface area contributed by atoms with Gasteiger partial charge in [0.2, 0.25) is 15.9 Å². The highest BCUT2D eigenvalue weighted by molar-refractivity contribution is 7.92. The van der Waals surface area contributed by atoms with Crippen LogP contribution in [0.15, 0.2) is 42.5 Å². The van der Waals surface area contributed by atoms with Crippen molar-refractivity contribution in [3.8, 4) is 5.75 Å². The Hall–Kier alpha value is -1.96. The minimum atomic E-state index is -3.52. The van der Waals surface area contributed by atoms with Crippen molar-refractivity contribution in [1.82, 2.24) is 5.32 Å². The summed E-state index contributed by atoms with van der Waals surface area (Å²) in [6, 6.07) is 12.5. The third kappa shape index (κ3) is 7.70. The van der Waals surface area contributed by atoms with E-state index < -0.39 is 10.0 Å². The standard InChI is InChI=1S/C21H26Cl2N2O4S/c1-3-16-6-9-18(10-7-16)29-14-12-24-21(26)5-4-13-25(30(2,27)28)17-8-11-19(22)20(23)15-17/h6-11,15H,3-5,12-14H2,1-2H3,(H,24,26). The van der Waals surface area contributed by atoms with Gasteiger partial charge < -0.3 is 10.1 Å². The van der Waals surface area contributed by atoms with Gasteiger partial charge in [-0.1, -0.05) is 42.3 Å². The number of hydrogen-bond donors (Lipinski definition) is 1. The number of halogens is 2. The molecule has 0 saturated heterocycles. The molecule has 0 aliphatic heterocycles. The van der Waals surface area contributed by atoms with Gasteiger partial charge in [0, 0.05) is 13.0 Å². The lowest BCUT2D eigenvalue weighted by atomic mass is 10.2. The summed E-state index contributed by atoms with van der Waals surface area (Å²) in [4.78, 5) is 12.0. The summed E-state index contributed by atoms with van der Waals surface area (Å²) in [5.74, 6) is 0.592. The average Bonchev–Trinajstić information content (AvgIpc) is 2.70. The number of ether oxygens (including phenoxy) is 1. The number of sulfonamides is 1. The lowest BCUT2D eigenvalue weighted by Gasteiger charge is -2.22. The number of benzene rings is 2. The summed E-state index contributed by atoms with van der Waals surface area (Å²) < 4.78 is 31.1. The van der Waals surface area contributed by atoms with Crippen LogP contribution in [0.1, 0.15) is 25.3 Å². The first-order valence-corrected chi connectivity index (χ1v) is 12.2. The summed E-state index contributed by atoms with van der Waals surface area (Å²) in [5.41, 5.74) is 1.65. The average molecular weight is 473 g/mol. The Morgan fingerprint density at radius 1 is 1.10 bits per heavy atom. The van der Waals surface area contributed by atoms with Gasteiger partial charge in [0.15, 0.2) is 0 Å². The maximum absolute atomic E-state index is 12.1. The zero-order chi connectivity index (χ0) is 22.1. The molecule has 0 bridgehead atoms. The molecule has 9 heteroatoms. The van der Waals surface area contributed by atoms with Gasteiger partial charge in [-0.2, -0.15) is 0 Å². The van der Waals surface area contributed by atoms with Gasteiger partial charge in [-0.05, 0) is 48.7 Å². The molecule has 0 heterocycles. The fourth-order valence-corrected chi connectivity index (χ4v) is 4.03. The maximum Gasteiger partial charge on any atom is 0.232 e. The van der Waals surface area contributed by atoms with Crippen molar-refractivity contribution in [1.29, 1.82) is 0 Å². The smallest absolute Gasteiger partial charge is 0.232 e. The molecule has 1 N–H and O–H groups in total. The number of rotatable bonds is 11. The van der Waals surface area contributed by atoms with Crippen LogP contribution in [0.4, 0.5) is 5.69 Å². The van der Waals surface area contributed by atoms with Crippen LogP contribution in [0.2, 0.25) is 10.0 Å². The van der Waals surface area contributed by atoms with Gasteiger partial charge in [-0.25, -0.2) is 8.42 Å². The van der Waals surface area contributed by atoms with Crippen LogP contribution in [-0.4, -0.2) is 40.3 Å². The second-order valence-corrected chi connectivity index (χ2v) is 9.45. The normalized spacial score (nSPS) is 11.2. The van der Waals surface area contributed by atoms with E-state index in [2.05, 4.69) is 12.2 Å². The van der Waals surface area contributed by atoms with Gasteiger partial charge >= 0.3 is 0 Å². The van der Waals surface area contributed by atoms with Gasteiger partial charge in [0.05, 0.1) is 28.5 Å². The molecular formula is C21H26Cl2N2O4S. The largest absolute Gasteiger partial charge is 0.492 e. The molecule has 0 aliphatic carbocycles. The predicted octanol–water partition coefficient (Wildman–Crippen LogP) is 4.30. The van der Waals surface area contributed by atoms with Crippen molar-refractivity contribution in [2.24, 2.45) is 0 Å². The van der Waals surface area contributed by atoms with Crippen LogP contribution in [0.25, 0.3) is 0 Å². The molecule has 0 aromatic heterocycles. The number of nitrogens with zero attached hydrogens (tertiary/aromatic N) is 1. The number of carbonyl (C=O) groups excluding carboxylic acids is 1. The van der Waals surface area contributed by atoms with E-state index in [9.17, 15) is 13.2 Å². The molecule has 0 aliphatic rings. The number of aryl methyl sites for hydroxylation is 1. The molecule has 1 amide bonds. The van der Waals surface area contributed by atoms with Gasteiger partial charge in [-0.15, -0.1) is 0 Å². The van der Waals surface area contributed by atoms with E-state index in [0.717, 1.165) is 18.4 Å². The Labute approximate surface area is 188 Å². The van der Waals surface area contributed by atoms with E-state index >= 15 is 0 Å². The van der Waals surface area contributed by atoms with Gasteiger partial charge in [-0.3, -0.25) is 9.10 Å². The van der Waals surface area contributed by atoms with Crippen molar-refractivity contribution < 1.29 is 17.9 Å². The third-order valence-corrected chi connectivity index (χ3v) is 6.31. The maximum atomic E-state index is 12.1. The molecule has 0 saturated carbocycles. The van der Waals surface area contributed by atoms with Gasteiger partial charge in [0.1, 0.15) is 12.4 Å². The molecule has 2 aromatic carbocycles. The highest BCUT2D eigenvalue weighted by Crippen LogP contribution is 2.28. The van der Waals surface area contributed by atoms with E-state index in [1.165, 1.54) is 15.9 Å². The molecule has 30 heavy (non-hydrogen) atoms. The van der Waals surface area contributed by atoms with Crippen LogP contribution in [0.5, 0.6) is 5.75 Å². The van der Waals surface area contributed by atoms with Crippen molar-refractivity contribution in [3.63, 3.8) is 0 Å². The Bertz CT molecular complexity index is 950. The first-order valence-electron chi connectivity index (χ1n) is 9.62. The van der Waals surface area contributed by atoms with Crippen molar-refractivity contribution in [2.75, 3.05) is 30.3 Å². The monoisotopic (exact) mass is 472 g/mol. The van der Waals surface area contributed by atoms with E-state index in [-0.39, 0.29) is 23.9 Å². The summed E-state index contributed by atoms with van der Waals surface area (Å²) in [7, 11) is -3.52. The molecule has 6 nitrogen and oxygen atoms in total. The first-order chi connectivity index (χ1) is 14.2. The molecule has 0 fully saturated rings. The Morgan fingerprint density at radius 2 is 1.80 bits per heavy atom. The van der Waals surface area contributed by atoms with Crippen LogP contribution >= 0.6 is 23.2 Å². The highest BCUT2D eigenvalue weighted by Gasteiger charge is 2.18. The minimum absolute atomic E-state index is 0.157. The summed E-state index contributed by atoms with van der Waals surface area (Å²) in [5, 5.41) is 3.39. The van der Waals surface area contributed by atoms with E-state index in [0.29, 0.717) is 30.3 Å². The minimum Gasteiger partial charge on any atom is -0.492 e. The zero-order valence-electron chi connectivity index (χ0n) is 17.0. The Balaban J connectivity index is 1.76. The fourth-order valence-electron chi connectivity index (χ4n) is 2.78. The lowest BCUT2D eigenvalue weighted by molar-refractivity contribution is -0.121. The fraction of sp³-hybridized carbons (Fsp3) is 0.381. The van der Waals surface area contributed by atoms with Crippen molar-refractivity contribution in [3.05, 3.63) is 58.1 Å². The molecule has 0 unspecified atom stereocenters. The third-order valence-electron chi connectivity index (χ3n) is 4.38. The quantitative estimate of drug-likeness (QED) is 0.494. The second kappa shape index (κ2) is 11.4. The SMILES string of the molecule is CCc1ccc(OCCNC(=O)CCCN(c2ccc(Cl)c(Cl)c2)S(C)(=O)=O)cc1. The molecule has 2 aromatic rings. The first kappa shape index (κ1) is 24.3. The summed E-state index contributed by atoms with van der Waals surface area (Å²) >= 11 is 11.9. The van der Waals surface area contributed by atoms with Crippen LogP contribution < -0.4 is 14.4 Å². The molecular weight excluding hydrogens is 447 g/mol. The van der Waals surface area contributed by atoms with E-state index in [1.807, 2.05) is 24.3 Å². The van der Waals surface area contributed by atoms with Gasteiger partial charge in [0.25, 0.3) is 0 Å². The van der Waals surface area contributed by atoms with E-state index in [1.54, 1.807) is 12.1 Å². The highest BCUT2D eigenvalue weighted by atomic mass is 35.5. The predicted molar refractivity (Wildman–Crippen MR) is 122 cm³/mol. The number of carbonyl (C=O) groups is 1. The van der Waals surface area contributed by atoms with Crippen molar-refractivity contribution in [2.45, 2.75) is 26.2 Å². The number of hydrogen-bond acceptors (Lipinski definition) is 4. The van der Waals surface area contributed by atoms with Crippen LogP contribution in [0.3, 0.4) is 0 Å². The van der Waals surface area contributed by atoms with Crippen molar-refractivity contribution >= 4 is 44.8 Å². The number of anilines is 1. The van der Waals surface area contributed by atoms with Crippen LogP contribution in [0, 0.1) is 0 Å². The number of amides is 1.